The molecular weight excluding hydrogens is 404 g/mol. The van der Waals surface area contributed by atoms with Crippen molar-refractivity contribution in [3.63, 3.8) is 0 Å². The van der Waals surface area contributed by atoms with Crippen molar-refractivity contribution < 1.29 is 22.0 Å². The van der Waals surface area contributed by atoms with Gasteiger partial charge in [-0.2, -0.15) is 10.4 Å². The topological polar surface area (TPSA) is 131 Å². The number of aromatic nitrogens is 2. The molecule has 3 rings (SSSR count). The summed E-state index contributed by atoms with van der Waals surface area (Å²) in [5.41, 5.74) is 0.514. The summed E-state index contributed by atoms with van der Waals surface area (Å²) in [5.74, 6) is -2.25. The first-order chi connectivity index (χ1) is 13.7. The Bertz CT molecular complexity index is 1230. The second kappa shape index (κ2) is 7.78. The van der Waals surface area contributed by atoms with Gasteiger partial charge in [0, 0.05) is 18.0 Å². The van der Waals surface area contributed by atoms with Crippen LogP contribution >= 0.6 is 0 Å². The molecule has 0 aliphatic rings. The van der Waals surface area contributed by atoms with Gasteiger partial charge in [0.05, 0.1) is 23.9 Å². The highest BCUT2D eigenvalue weighted by atomic mass is 32.2. The molecule has 3 N–H and O–H groups in total. The van der Waals surface area contributed by atoms with E-state index >= 15 is 0 Å². The highest BCUT2D eigenvalue weighted by molar-refractivity contribution is 7.89. The normalized spacial score (nSPS) is 11.1. The Kier molecular flexibility index (Phi) is 5.40. The average molecular weight is 417 g/mol. The molecule has 0 saturated heterocycles. The molecule has 29 heavy (non-hydrogen) atoms. The molecule has 0 aliphatic carbocycles. The van der Waals surface area contributed by atoms with Crippen LogP contribution in [-0.2, 0) is 21.2 Å². The molecule has 8 nitrogen and oxygen atoms in total. The molecule has 0 radical (unpaired) electrons. The van der Waals surface area contributed by atoms with Gasteiger partial charge >= 0.3 is 0 Å². The third-order valence-corrected chi connectivity index (χ3v) is 4.74. The zero-order chi connectivity index (χ0) is 21.2. The van der Waals surface area contributed by atoms with E-state index in [0.717, 1.165) is 18.2 Å². The van der Waals surface area contributed by atoms with Crippen LogP contribution in [0.2, 0.25) is 0 Å². The van der Waals surface area contributed by atoms with Crippen LogP contribution in [0, 0.1) is 23.0 Å². The number of hydrogen-bond donors (Lipinski definition) is 2. The van der Waals surface area contributed by atoms with Crippen LogP contribution in [0.5, 0.6) is 0 Å². The third-order valence-electron chi connectivity index (χ3n) is 3.80. The van der Waals surface area contributed by atoms with E-state index in [-0.39, 0.29) is 33.8 Å². The van der Waals surface area contributed by atoms with E-state index in [1.54, 1.807) is 0 Å². The molecule has 0 spiro atoms. The SMILES string of the molecule is N#Cc1cnn(-c2ccc(NC(=O)Cc3cc(F)cc(F)c3)cc2S(N)(=O)=O)c1. The Morgan fingerprint density at radius 3 is 2.48 bits per heavy atom. The monoisotopic (exact) mass is 417 g/mol. The van der Waals surface area contributed by atoms with E-state index in [9.17, 15) is 22.0 Å². The quantitative estimate of drug-likeness (QED) is 0.654. The molecule has 1 heterocycles. The van der Waals surface area contributed by atoms with Gasteiger partial charge in [0.2, 0.25) is 15.9 Å². The standard InChI is InChI=1S/C18H13F2N5O3S/c19-13-3-11(4-14(20)6-13)5-18(26)24-15-1-2-16(17(7-15)29(22,27)28)25-10-12(8-21)9-23-25/h1-4,6-7,9-10H,5H2,(H,24,26)(H2,22,27,28). The number of nitrogens with two attached hydrogens (primary N) is 1. The lowest BCUT2D eigenvalue weighted by molar-refractivity contribution is -0.115. The Morgan fingerprint density at radius 2 is 1.90 bits per heavy atom. The van der Waals surface area contributed by atoms with Gasteiger partial charge in [-0.15, -0.1) is 0 Å². The van der Waals surface area contributed by atoms with E-state index in [4.69, 9.17) is 10.4 Å². The second-order valence-electron chi connectivity index (χ2n) is 6.02. The molecule has 0 saturated carbocycles. The van der Waals surface area contributed by atoms with E-state index < -0.39 is 27.6 Å². The fraction of sp³-hybridized carbons (Fsp3) is 0.0556. The molecule has 2 aromatic carbocycles. The molecule has 0 bridgehead atoms. The van der Waals surface area contributed by atoms with Crippen LogP contribution in [0.1, 0.15) is 11.1 Å². The first kappa shape index (κ1) is 20.1. The van der Waals surface area contributed by atoms with Gasteiger partial charge in [0.25, 0.3) is 0 Å². The summed E-state index contributed by atoms with van der Waals surface area (Å²) >= 11 is 0. The molecule has 0 unspecified atom stereocenters. The maximum atomic E-state index is 13.2. The minimum Gasteiger partial charge on any atom is -0.326 e. The van der Waals surface area contributed by atoms with E-state index in [2.05, 4.69) is 10.4 Å². The first-order valence-corrected chi connectivity index (χ1v) is 9.57. The van der Waals surface area contributed by atoms with Crippen molar-refractivity contribution in [2.75, 3.05) is 5.32 Å². The van der Waals surface area contributed by atoms with Crippen LogP contribution in [0.15, 0.2) is 53.7 Å². The minimum atomic E-state index is -4.20. The predicted octanol–water partition coefficient (Wildman–Crippen LogP) is 1.85. The van der Waals surface area contributed by atoms with Gasteiger partial charge in [0.15, 0.2) is 0 Å². The number of sulfonamides is 1. The lowest BCUT2D eigenvalue weighted by atomic mass is 10.1. The van der Waals surface area contributed by atoms with Gasteiger partial charge in [-0.05, 0) is 35.9 Å². The van der Waals surface area contributed by atoms with Crippen molar-refractivity contribution in [1.82, 2.24) is 9.78 Å². The van der Waals surface area contributed by atoms with Crippen LogP contribution < -0.4 is 10.5 Å². The number of carbonyl (C=O) groups is 1. The largest absolute Gasteiger partial charge is 0.326 e. The Morgan fingerprint density at radius 1 is 1.21 bits per heavy atom. The number of primary sulfonamides is 1. The number of nitrogens with one attached hydrogen (secondary N) is 1. The summed E-state index contributed by atoms with van der Waals surface area (Å²) in [6.45, 7) is 0. The molecule has 0 fully saturated rings. The molecule has 0 atom stereocenters. The maximum Gasteiger partial charge on any atom is 0.240 e. The van der Waals surface area contributed by atoms with Crippen LogP contribution in [0.3, 0.4) is 0 Å². The number of nitriles is 1. The van der Waals surface area contributed by atoms with Crippen molar-refractivity contribution >= 4 is 21.6 Å². The summed E-state index contributed by atoms with van der Waals surface area (Å²) in [6, 6.07) is 8.48. The number of halogens is 2. The zero-order valence-electron chi connectivity index (χ0n) is 14.6. The van der Waals surface area contributed by atoms with Gasteiger partial charge in [-0.1, -0.05) is 0 Å². The highest BCUT2D eigenvalue weighted by Gasteiger charge is 2.18. The van der Waals surface area contributed by atoms with Gasteiger partial charge in [-0.25, -0.2) is 27.0 Å². The maximum absolute atomic E-state index is 13.2. The van der Waals surface area contributed by atoms with Crippen LogP contribution in [0.25, 0.3) is 5.69 Å². The summed E-state index contributed by atoms with van der Waals surface area (Å²) in [4.78, 5) is 11.8. The number of carbonyl (C=O) groups excluding carboxylic acids is 1. The summed E-state index contributed by atoms with van der Waals surface area (Å²) < 4.78 is 51.6. The van der Waals surface area contributed by atoms with Gasteiger partial charge in [0.1, 0.15) is 22.6 Å². The van der Waals surface area contributed by atoms with Crippen molar-refractivity contribution in [1.29, 1.82) is 5.26 Å². The number of nitrogens with zero attached hydrogens (tertiary/aromatic N) is 3. The van der Waals surface area contributed by atoms with E-state index in [0.29, 0.717) is 6.07 Å². The Hall–Kier alpha value is -3.62. The molecule has 3 aromatic rings. The molecular formula is C18H13F2N5O3S. The number of benzene rings is 2. The molecule has 1 aromatic heterocycles. The van der Waals surface area contributed by atoms with Crippen molar-refractivity contribution in [3.05, 3.63) is 71.6 Å². The highest BCUT2D eigenvalue weighted by Crippen LogP contribution is 2.23. The molecule has 11 heteroatoms. The number of amides is 1. The number of anilines is 1. The fourth-order valence-electron chi connectivity index (χ4n) is 2.62. The van der Waals surface area contributed by atoms with Crippen LogP contribution in [-0.4, -0.2) is 24.1 Å². The van der Waals surface area contributed by atoms with E-state index in [1.165, 1.54) is 29.2 Å². The Labute approximate surface area is 164 Å². The average Bonchev–Trinajstić information content (AvgIpc) is 3.09. The smallest absolute Gasteiger partial charge is 0.240 e. The summed E-state index contributed by atoms with van der Waals surface area (Å²) in [5, 5.41) is 20.5. The Balaban J connectivity index is 1.88. The predicted molar refractivity (Wildman–Crippen MR) is 98.3 cm³/mol. The number of hydrogen-bond acceptors (Lipinski definition) is 5. The van der Waals surface area contributed by atoms with Gasteiger partial charge in [-0.3, -0.25) is 4.79 Å². The van der Waals surface area contributed by atoms with Crippen molar-refractivity contribution in [2.45, 2.75) is 11.3 Å². The molecule has 1 amide bonds. The van der Waals surface area contributed by atoms with Crippen LogP contribution in [0.4, 0.5) is 14.5 Å². The third kappa shape index (κ3) is 4.81. The zero-order valence-corrected chi connectivity index (χ0v) is 15.5. The second-order valence-corrected chi connectivity index (χ2v) is 7.55. The number of rotatable bonds is 5. The lowest BCUT2D eigenvalue weighted by Crippen LogP contribution is -2.18. The summed E-state index contributed by atoms with van der Waals surface area (Å²) in [7, 11) is -4.20. The van der Waals surface area contributed by atoms with Gasteiger partial charge < -0.3 is 5.32 Å². The molecule has 0 aliphatic heterocycles. The minimum absolute atomic E-state index is 0.0826. The first-order valence-electron chi connectivity index (χ1n) is 8.02. The van der Waals surface area contributed by atoms with Crippen molar-refractivity contribution in [2.24, 2.45) is 5.14 Å². The lowest BCUT2D eigenvalue weighted by Gasteiger charge is -2.11. The molecule has 148 valence electrons. The summed E-state index contributed by atoms with van der Waals surface area (Å²) in [6.07, 6.45) is 2.24. The van der Waals surface area contributed by atoms with E-state index in [1.807, 2.05) is 6.07 Å². The fourth-order valence-corrected chi connectivity index (χ4v) is 3.37. The van der Waals surface area contributed by atoms with Crippen molar-refractivity contribution in [3.8, 4) is 11.8 Å².